The van der Waals surface area contributed by atoms with E-state index in [9.17, 15) is 13.2 Å². The van der Waals surface area contributed by atoms with Gasteiger partial charge in [0.05, 0.1) is 18.0 Å². The predicted octanol–water partition coefficient (Wildman–Crippen LogP) is 2.81. The predicted molar refractivity (Wildman–Crippen MR) is 110 cm³/mol. The van der Waals surface area contributed by atoms with Crippen molar-refractivity contribution < 1.29 is 17.9 Å². The highest BCUT2D eigenvalue weighted by Gasteiger charge is 2.23. The van der Waals surface area contributed by atoms with Crippen LogP contribution >= 0.6 is 0 Å². The largest absolute Gasteiger partial charge is 0.496 e. The number of sulfonamides is 1. The lowest BCUT2D eigenvalue weighted by Gasteiger charge is -2.19. The molecule has 7 heteroatoms. The molecule has 0 unspecified atom stereocenters. The number of aryl methyl sites for hydroxylation is 2. The number of amides is 1. The number of ether oxygens (including phenoxy) is 1. The molecule has 0 aromatic heterocycles. The Hall–Kier alpha value is -2.38. The van der Waals surface area contributed by atoms with Gasteiger partial charge < -0.3 is 10.1 Å². The second-order valence-corrected chi connectivity index (χ2v) is 8.62. The second kappa shape index (κ2) is 9.71. The summed E-state index contributed by atoms with van der Waals surface area (Å²) < 4.78 is 32.7. The third-order valence-corrected chi connectivity index (χ3v) is 6.04. The quantitative estimate of drug-likeness (QED) is 0.673. The topological polar surface area (TPSA) is 84.5 Å². The fraction of sp³-hybridized carbons (Fsp3) is 0.381. The van der Waals surface area contributed by atoms with Gasteiger partial charge in [0.2, 0.25) is 15.9 Å². The van der Waals surface area contributed by atoms with Crippen LogP contribution in [0.1, 0.15) is 31.4 Å². The van der Waals surface area contributed by atoms with Crippen molar-refractivity contribution in [2.45, 2.75) is 50.6 Å². The van der Waals surface area contributed by atoms with E-state index in [0.29, 0.717) is 11.3 Å². The molecule has 0 aliphatic rings. The van der Waals surface area contributed by atoms with Crippen LogP contribution < -0.4 is 14.8 Å². The zero-order valence-corrected chi connectivity index (χ0v) is 17.5. The summed E-state index contributed by atoms with van der Waals surface area (Å²) in [6.07, 6.45) is 1.61. The molecule has 0 fully saturated rings. The van der Waals surface area contributed by atoms with Crippen LogP contribution in [-0.4, -0.2) is 33.5 Å². The summed E-state index contributed by atoms with van der Waals surface area (Å²) in [6, 6.07) is 13.6. The Morgan fingerprint density at radius 3 is 2.39 bits per heavy atom. The number of hydrogen-bond donors (Lipinski definition) is 2. The van der Waals surface area contributed by atoms with Crippen molar-refractivity contribution >= 4 is 15.9 Å². The molecule has 0 aliphatic carbocycles. The average molecular weight is 405 g/mol. The summed E-state index contributed by atoms with van der Waals surface area (Å²) >= 11 is 0. The van der Waals surface area contributed by atoms with Gasteiger partial charge in [0.15, 0.2) is 0 Å². The van der Waals surface area contributed by atoms with Gasteiger partial charge in [-0.15, -0.1) is 0 Å². The van der Waals surface area contributed by atoms with Gasteiger partial charge in [-0.2, -0.15) is 4.72 Å². The molecular formula is C21H28N2O4S. The standard InChI is InChI=1S/C21H28N2O4S/c1-15-14-19(12-13-20(15)27-4)28(25,26)23-17(3)21(24)22-16(2)10-11-18-8-6-5-7-9-18/h5-9,12-14,16-17,23H,10-11H2,1-4H3,(H,22,24)/t16-,17-/m1/s1. The maximum atomic E-state index is 12.6. The van der Waals surface area contributed by atoms with Gasteiger partial charge in [-0.3, -0.25) is 4.79 Å². The van der Waals surface area contributed by atoms with Crippen molar-refractivity contribution in [2.24, 2.45) is 0 Å². The van der Waals surface area contributed by atoms with Crippen molar-refractivity contribution in [2.75, 3.05) is 7.11 Å². The van der Waals surface area contributed by atoms with Gasteiger partial charge in [0.25, 0.3) is 0 Å². The first-order chi connectivity index (χ1) is 13.2. The molecule has 0 bridgehead atoms. The molecule has 1 amide bonds. The average Bonchev–Trinajstić information content (AvgIpc) is 2.66. The Morgan fingerprint density at radius 2 is 1.79 bits per heavy atom. The zero-order valence-electron chi connectivity index (χ0n) is 16.7. The molecule has 2 N–H and O–H groups in total. The van der Waals surface area contributed by atoms with E-state index in [1.54, 1.807) is 13.0 Å². The molecule has 2 rings (SSSR count). The third kappa shape index (κ3) is 6.07. The van der Waals surface area contributed by atoms with E-state index in [1.165, 1.54) is 31.7 Å². The van der Waals surface area contributed by atoms with Crippen molar-refractivity contribution in [3.63, 3.8) is 0 Å². The van der Waals surface area contributed by atoms with E-state index in [-0.39, 0.29) is 16.8 Å². The normalized spacial score (nSPS) is 13.6. The van der Waals surface area contributed by atoms with Crippen LogP contribution in [0.5, 0.6) is 5.75 Å². The lowest BCUT2D eigenvalue weighted by Crippen LogP contribution is -2.47. The van der Waals surface area contributed by atoms with Crippen molar-refractivity contribution in [3.05, 3.63) is 59.7 Å². The fourth-order valence-electron chi connectivity index (χ4n) is 2.84. The number of hydrogen-bond acceptors (Lipinski definition) is 4. The highest BCUT2D eigenvalue weighted by Crippen LogP contribution is 2.21. The molecule has 152 valence electrons. The molecule has 2 atom stereocenters. The van der Waals surface area contributed by atoms with Crippen LogP contribution in [0.3, 0.4) is 0 Å². The van der Waals surface area contributed by atoms with E-state index < -0.39 is 16.1 Å². The molecule has 0 saturated carbocycles. The van der Waals surface area contributed by atoms with Crippen LogP contribution in [0, 0.1) is 6.92 Å². The summed E-state index contributed by atoms with van der Waals surface area (Å²) in [4.78, 5) is 12.5. The molecule has 28 heavy (non-hydrogen) atoms. The summed E-state index contributed by atoms with van der Waals surface area (Å²) in [5.41, 5.74) is 1.91. The molecule has 6 nitrogen and oxygen atoms in total. The van der Waals surface area contributed by atoms with E-state index in [1.807, 2.05) is 37.3 Å². The Labute approximate surface area is 167 Å². The van der Waals surface area contributed by atoms with E-state index in [0.717, 1.165) is 12.8 Å². The zero-order chi connectivity index (χ0) is 20.7. The molecule has 0 spiro atoms. The SMILES string of the molecule is COc1ccc(S(=O)(=O)N[C@H](C)C(=O)N[C@H](C)CCc2ccccc2)cc1C. The minimum atomic E-state index is -3.81. The second-order valence-electron chi connectivity index (χ2n) is 6.91. The molecule has 0 heterocycles. The van der Waals surface area contributed by atoms with Gasteiger partial charge in [-0.25, -0.2) is 8.42 Å². The fourth-order valence-corrected chi connectivity index (χ4v) is 4.13. The minimum Gasteiger partial charge on any atom is -0.496 e. The number of carbonyl (C=O) groups excluding carboxylic acids is 1. The van der Waals surface area contributed by atoms with Gasteiger partial charge in [0.1, 0.15) is 5.75 Å². The number of methoxy groups -OCH3 is 1. The van der Waals surface area contributed by atoms with Gasteiger partial charge in [0, 0.05) is 6.04 Å². The molecule has 0 aliphatic heterocycles. The maximum Gasteiger partial charge on any atom is 0.241 e. The first-order valence-electron chi connectivity index (χ1n) is 9.24. The summed E-state index contributed by atoms with van der Waals surface area (Å²) in [5.74, 6) is 0.256. The van der Waals surface area contributed by atoms with E-state index >= 15 is 0 Å². The van der Waals surface area contributed by atoms with Crippen molar-refractivity contribution in [3.8, 4) is 5.75 Å². The lowest BCUT2D eigenvalue weighted by atomic mass is 10.1. The summed E-state index contributed by atoms with van der Waals surface area (Å²) in [7, 11) is -2.28. The van der Waals surface area contributed by atoms with Gasteiger partial charge >= 0.3 is 0 Å². The molecule has 2 aromatic carbocycles. The summed E-state index contributed by atoms with van der Waals surface area (Å²) in [6.45, 7) is 5.21. The van der Waals surface area contributed by atoms with E-state index in [2.05, 4.69) is 10.0 Å². The monoisotopic (exact) mass is 404 g/mol. The lowest BCUT2D eigenvalue weighted by molar-refractivity contribution is -0.123. The highest BCUT2D eigenvalue weighted by molar-refractivity contribution is 7.89. The Morgan fingerprint density at radius 1 is 1.11 bits per heavy atom. The first kappa shape index (κ1) is 21.9. The van der Waals surface area contributed by atoms with Gasteiger partial charge in [-0.1, -0.05) is 30.3 Å². The van der Waals surface area contributed by atoms with E-state index in [4.69, 9.17) is 4.74 Å². The number of carbonyl (C=O) groups is 1. The van der Waals surface area contributed by atoms with Crippen LogP contribution in [0.15, 0.2) is 53.4 Å². The van der Waals surface area contributed by atoms with Crippen LogP contribution in [0.4, 0.5) is 0 Å². The Kier molecular flexibility index (Phi) is 7.60. The maximum absolute atomic E-state index is 12.6. The molecule has 0 radical (unpaired) electrons. The van der Waals surface area contributed by atoms with Gasteiger partial charge in [-0.05, 0) is 62.9 Å². The molecule has 0 saturated heterocycles. The number of benzene rings is 2. The number of rotatable bonds is 9. The third-order valence-electron chi connectivity index (χ3n) is 4.50. The molecular weight excluding hydrogens is 376 g/mol. The van der Waals surface area contributed by atoms with Crippen molar-refractivity contribution in [1.29, 1.82) is 0 Å². The summed E-state index contributed by atoms with van der Waals surface area (Å²) in [5, 5.41) is 2.87. The first-order valence-corrected chi connectivity index (χ1v) is 10.7. The Bertz CT molecular complexity index is 898. The smallest absolute Gasteiger partial charge is 0.241 e. The molecule has 2 aromatic rings. The van der Waals surface area contributed by atoms with Crippen molar-refractivity contribution in [1.82, 2.24) is 10.0 Å². The number of nitrogens with one attached hydrogen (secondary N) is 2. The minimum absolute atomic E-state index is 0.0668. The van der Waals surface area contributed by atoms with Crippen LogP contribution in [0.25, 0.3) is 0 Å². The highest BCUT2D eigenvalue weighted by atomic mass is 32.2. The van der Waals surface area contributed by atoms with Crippen LogP contribution in [-0.2, 0) is 21.2 Å². The Balaban J connectivity index is 1.92. The van der Waals surface area contributed by atoms with Crippen LogP contribution in [0.2, 0.25) is 0 Å².